The van der Waals surface area contributed by atoms with Crippen LogP contribution in [0, 0.1) is 6.92 Å². The zero-order valence-corrected chi connectivity index (χ0v) is 11.2. The predicted octanol–water partition coefficient (Wildman–Crippen LogP) is 2.15. The average Bonchev–Trinajstić information content (AvgIpc) is 2.57. The predicted molar refractivity (Wildman–Crippen MR) is 68.7 cm³/mol. The lowest BCUT2D eigenvalue weighted by molar-refractivity contribution is 0.445. The van der Waals surface area contributed by atoms with Gasteiger partial charge in [0.15, 0.2) is 0 Å². The molecule has 4 nitrogen and oxygen atoms in total. The van der Waals surface area contributed by atoms with E-state index < -0.39 is 0 Å². The molecule has 0 spiro atoms. The van der Waals surface area contributed by atoms with Crippen LogP contribution >= 0.6 is 11.8 Å². The van der Waals surface area contributed by atoms with Crippen molar-refractivity contribution in [3.63, 3.8) is 0 Å². The Labute approximate surface area is 101 Å². The number of aromatic nitrogens is 3. The van der Waals surface area contributed by atoms with Gasteiger partial charge in [-0.15, -0.1) is 5.10 Å². The molecule has 0 aliphatic carbocycles. The fourth-order valence-corrected chi connectivity index (χ4v) is 1.74. The Bertz CT molecular complexity index is 351. The monoisotopic (exact) mass is 240 g/mol. The van der Waals surface area contributed by atoms with Crippen LogP contribution in [0.1, 0.15) is 26.6 Å². The number of aryl methyl sites for hydroxylation is 1. The summed E-state index contributed by atoms with van der Waals surface area (Å²) in [5.74, 6) is 1.70. The fourth-order valence-electron chi connectivity index (χ4n) is 0.995. The summed E-state index contributed by atoms with van der Waals surface area (Å²) in [5, 5.41) is 11.1. The van der Waals surface area contributed by atoms with Crippen molar-refractivity contribution in [2.45, 2.75) is 38.4 Å². The molecule has 0 saturated heterocycles. The molecule has 0 bridgehead atoms. The molecule has 0 amide bonds. The van der Waals surface area contributed by atoms with Crippen LogP contribution in [-0.2, 0) is 0 Å². The number of hydrogen-bond donors (Lipinski definition) is 2. The van der Waals surface area contributed by atoms with E-state index in [1.807, 2.05) is 6.92 Å². The van der Waals surface area contributed by atoms with Gasteiger partial charge in [-0.1, -0.05) is 23.9 Å². The first-order valence-electron chi connectivity index (χ1n) is 5.30. The molecule has 1 rings (SSSR count). The van der Waals surface area contributed by atoms with Crippen LogP contribution in [0.25, 0.3) is 0 Å². The van der Waals surface area contributed by atoms with Gasteiger partial charge in [0.05, 0.1) is 0 Å². The number of H-pyrrole nitrogens is 1. The van der Waals surface area contributed by atoms with E-state index in [1.54, 1.807) is 11.8 Å². The molecule has 0 atom stereocenters. The van der Waals surface area contributed by atoms with Crippen LogP contribution in [0.2, 0.25) is 0 Å². The molecule has 0 unspecified atom stereocenters. The van der Waals surface area contributed by atoms with Gasteiger partial charge in [-0.3, -0.25) is 5.10 Å². The van der Waals surface area contributed by atoms with Crippen molar-refractivity contribution in [1.82, 2.24) is 20.5 Å². The number of nitrogens with zero attached hydrogens (tertiary/aromatic N) is 2. The van der Waals surface area contributed by atoms with E-state index in [1.165, 1.54) is 0 Å². The molecule has 0 aromatic carbocycles. The van der Waals surface area contributed by atoms with Gasteiger partial charge in [0, 0.05) is 17.8 Å². The summed E-state index contributed by atoms with van der Waals surface area (Å²) >= 11 is 1.61. The van der Waals surface area contributed by atoms with Crippen molar-refractivity contribution in [3.8, 4) is 0 Å². The Morgan fingerprint density at radius 1 is 1.50 bits per heavy atom. The molecular weight excluding hydrogens is 220 g/mol. The summed E-state index contributed by atoms with van der Waals surface area (Å²) in [4.78, 5) is 4.23. The molecule has 90 valence electrons. The minimum Gasteiger partial charge on any atom is -0.308 e. The van der Waals surface area contributed by atoms with Gasteiger partial charge in [0.1, 0.15) is 5.82 Å². The lowest BCUT2D eigenvalue weighted by Crippen LogP contribution is -2.37. The molecule has 2 N–H and O–H groups in total. The molecule has 1 heterocycles. The highest BCUT2D eigenvalue weighted by Crippen LogP contribution is 2.15. The van der Waals surface area contributed by atoms with Crippen molar-refractivity contribution in [1.29, 1.82) is 0 Å². The van der Waals surface area contributed by atoms with Gasteiger partial charge in [-0.25, -0.2) is 4.98 Å². The maximum atomic E-state index is 4.23. The van der Waals surface area contributed by atoms with Crippen molar-refractivity contribution in [2.75, 3.05) is 12.3 Å². The van der Waals surface area contributed by atoms with E-state index in [0.29, 0.717) is 0 Å². The van der Waals surface area contributed by atoms with Gasteiger partial charge < -0.3 is 5.32 Å². The number of aromatic amines is 1. The standard InChI is InChI=1S/C11H20N4S/c1-8(6-12-11(3,4)5)7-16-10-13-9(2)14-15-10/h12H,1,6-7H2,2-5H3,(H,13,14,15). The smallest absolute Gasteiger partial charge is 0.208 e. The molecule has 16 heavy (non-hydrogen) atoms. The average molecular weight is 240 g/mol. The van der Waals surface area contributed by atoms with Gasteiger partial charge in [0.2, 0.25) is 5.16 Å². The zero-order chi connectivity index (χ0) is 12.2. The molecule has 0 radical (unpaired) electrons. The summed E-state index contributed by atoms with van der Waals surface area (Å²) in [6.45, 7) is 13.2. The topological polar surface area (TPSA) is 53.6 Å². The first-order chi connectivity index (χ1) is 7.37. The van der Waals surface area contributed by atoms with E-state index in [2.05, 4.69) is 47.8 Å². The number of hydrogen-bond acceptors (Lipinski definition) is 4. The Kier molecular flexibility index (Phi) is 4.56. The van der Waals surface area contributed by atoms with Crippen LogP contribution in [0.3, 0.4) is 0 Å². The third-order valence-corrected chi connectivity index (χ3v) is 2.84. The molecule has 0 fully saturated rings. The fraction of sp³-hybridized carbons (Fsp3) is 0.636. The molecule has 0 aliphatic heterocycles. The molecule has 1 aromatic rings. The highest BCUT2D eigenvalue weighted by molar-refractivity contribution is 7.99. The minimum atomic E-state index is 0.134. The first kappa shape index (κ1) is 13.3. The van der Waals surface area contributed by atoms with Crippen molar-refractivity contribution < 1.29 is 0 Å². The molecular formula is C11H20N4S. The third-order valence-electron chi connectivity index (χ3n) is 1.85. The second kappa shape index (κ2) is 5.50. The van der Waals surface area contributed by atoms with Crippen LogP contribution in [0.4, 0.5) is 0 Å². The minimum absolute atomic E-state index is 0.134. The normalized spacial score (nSPS) is 11.8. The van der Waals surface area contributed by atoms with Crippen molar-refractivity contribution in [2.24, 2.45) is 0 Å². The van der Waals surface area contributed by atoms with E-state index in [9.17, 15) is 0 Å². The summed E-state index contributed by atoms with van der Waals surface area (Å²) in [6.07, 6.45) is 0. The summed E-state index contributed by atoms with van der Waals surface area (Å²) < 4.78 is 0. The van der Waals surface area contributed by atoms with Gasteiger partial charge in [-0.2, -0.15) is 0 Å². The molecule has 1 aromatic heterocycles. The second-order valence-electron chi connectivity index (χ2n) is 4.85. The highest BCUT2D eigenvalue weighted by Gasteiger charge is 2.09. The van der Waals surface area contributed by atoms with Crippen molar-refractivity contribution >= 4 is 11.8 Å². The SMILES string of the molecule is C=C(CNC(C)(C)C)CSc1n[nH]c(C)n1. The van der Waals surface area contributed by atoms with E-state index >= 15 is 0 Å². The lowest BCUT2D eigenvalue weighted by atomic mass is 10.1. The van der Waals surface area contributed by atoms with E-state index in [4.69, 9.17) is 0 Å². The maximum absolute atomic E-state index is 4.23. The quantitative estimate of drug-likeness (QED) is 0.611. The second-order valence-corrected chi connectivity index (χ2v) is 5.79. The van der Waals surface area contributed by atoms with Gasteiger partial charge in [0.25, 0.3) is 0 Å². The summed E-state index contributed by atoms with van der Waals surface area (Å²) in [5.41, 5.74) is 1.29. The molecule has 5 heteroatoms. The molecule has 0 saturated carbocycles. The van der Waals surface area contributed by atoms with Gasteiger partial charge in [-0.05, 0) is 27.7 Å². The Hall–Kier alpha value is -0.810. The van der Waals surface area contributed by atoms with E-state index in [0.717, 1.165) is 28.9 Å². The summed E-state index contributed by atoms with van der Waals surface area (Å²) in [6, 6.07) is 0. The Morgan fingerprint density at radius 2 is 2.19 bits per heavy atom. The first-order valence-corrected chi connectivity index (χ1v) is 6.29. The lowest BCUT2D eigenvalue weighted by Gasteiger charge is -2.21. The molecule has 0 aliphatic rings. The van der Waals surface area contributed by atoms with Gasteiger partial charge >= 0.3 is 0 Å². The Morgan fingerprint density at radius 3 is 2.69 bits per heavy atom. The number of nitrogens with one attached hydrogen (secondary N) is 2. The van der Waals surface area contributed by atoms with E-state index in [-0.39, 0.29) is 5.54 Å². The number of rotatable bonds is 5. The number of thioether (sulfide) groups is 1. The third kappa shape index (κ3) is 5.32. The Balaban J connectivity index is 2.25. The zero-order valence-electron chi connectivity index (χ0n) is 10.4. The van der Waals surface area contributed by atoms with Crippen LogP contribution in [0.5, 0.6) is 0 Å². The van der Waals surface area contributed by atoms with Crippen LogP contribution in [0.15, 0.2) is 17.3 Å². The van der Waals surface area contributed by atoms with Crippen LogP contribution < -0.4 is 5.32 Å². The van der Waals surface area contributed by atoms with Crippen molar-refractivity contribution in [3.05, 3.63) is 18.0 Å². The maximum Gasteiger partial charge on any atom is 0.208 e. The van der Waals surface area contributed by atoms with Crippen LogP contribution in [-0.4, -0.2) is 33.0 Å². The summed E-state index contributed by atoms with van der Waals surface area (Å²) in [7, 11) is 0. The highest BCUT2D eigenvalue weighted by atomic mass is 32.2. The largest absolute Gasteiger partial charge is 0.308 e.